The van der Waals surface area contributed by atoms with Crippen molar-refractivity contribution in [3.8, 4) is 0 Å². The molecule has 0 aromatic carbocycles. The Bertz CT molecular complexity index is 215. The van der Waals surface area contributed by atoms with Crippen molar-refractivity contribution in [2.24, 2.45) is 0 Å². The number of carbonyl (C=O) groups excluding carboxylic acids is 1. The molecule has 1 N–H and O–H groups in total. The Labute approximate surface area is 103 Å². The van der Waals surface area contributed by atoms with Gasteiger partial charge in [-0.25, -0.2) is 0 Å². The molecule has 0 aliphatic carbocycles. The quantitative estimate of drug-likeness (QED) is 0.722. The lowest BCUT2D eigenvalue weighted by Gasteiger charge is -2.23. The van der Waals surface area contributed by atoms with Gasteiger partial charge < -0.3 is 10.2 Å². The van der Waals surface area contributed by atoms with Crippen molar-refractivity contribution < 1.29 is 4.79 Å². The SMILES string of the molecule is CC(C)NCCCC(=O)N(C)C1CCSC1. The highest BCUT2D eigenvalue weighted by Gasteiger charge is 2.23. The second-order valence-corrected chi connectivity index (χ2v) is 5.88. The van der Waals surface area contributed by atoms with E-state index in [1.807, 2.05) is 23.7 Å². The maximum absolute atomic E-state index is 11.9. The van der Waals surface area contributed by atoms with Crippen LogP contribution in [-0.4, -0.2) is 48.0 Å². The fourth-order valence-corrected chi connectivity index (χ4v) is 3.11. The van der Waals surface area contributed by atoms with Crippen molar-refractivity contribution in [2.45, 2.75) is 45.2 Å². The van der Waals surface area contributed by atoms with E-state index in [1.54, 1.807) is 0 Å². The molecule has 1 aliphatic rings. The van der Waals surface area contributed by atoms with Gasteiger partial charge in [-0.05, 0) is 25.1 Å². The van der Waals surface area contributed by atoms with Gasteiger partial charge in [0.1, 0.15) is 0 Å². The summed E-state index contributed by atoms with van der Waals surface area (Å²) in [5, 5.41) is 3.33. The van der Waals surface area contributed by atoms with E-state index in [0.29, 0.717) is 24.4 Å². The average Bonchev–Trinajstić information content (AvgIpc) is 2.76. The number of nitrogens with zero attached hydrogens (tertiary/aromatic N) is 1. The maximum Gasteiger partial charge on any atom is 0.222 e. The second kappa shape index (κ2) is 7.17. The van der Waals surface area contributed by atoms with Crippen molar-refractivity contribution in [2.75, 3.05) is 25.1 Å². The predicted molar refractivity (Wildman–Crippen MR) is 70.9 cm³/mol. The van der Waals surface area contributed by atoms with Crippen LogP contribution in [0.3, 0.4) is 0 Å². The molecule has 0 radical (unpaired) electrons. The fraction of sp³-hybridized carbons (Fsp3) is 0.917. The summed E-state index contributed by atoms with van der Waals surface area (Å²) in [6, 6.07) is 0.995. The lowest BCUT2D eigenvalue weighted by molar-refractivity contribution is -0.131. The summed E-state index contributed by atoms with van der Waals surface area (Å²) >= 11 is 1.95. The smallest absolute Gasteiger partial charge is 0.222 e. The third-order valence-electron chi connectivity index (χ3n) is 2.97. The first-order valence-corrected chi connectivity index (χ1v) is 7.33. The van der Waals surface area contributed by atoms with Gasteiger partial charge in [-0.1, -0.05) is 13.8 Å². The van der Waals surface area contributed by atoms with E-state index in [2.05, 4.69) is 19.2 Å². The molecule has 94 valence electrons. The molecular weight excluding hydrogens is 220 g/mol. The number of amides is 1. The molecule has 1 atom stereocenters. The number of hydrogen-bond donors (Lipinski definition) is 1. The Morgan fingerprint density at radius 3 is 2.88 bits per heavy atom. The fourth-order valence-electron chi connectivity index (χ4n) is 1.84. The monoisotopic (exact) mass is 244 g/mol. The Hall–Kier alpha value is -0.220. The molecule has 4 heteroatoms. The molecule has 0 spiro atoms. The van der Waals surface area contributed by atoms with Crippen LogP contribution in [-0.2, 0) is 4.79 Å². The molecule has 1 amide bonds. The summed E-state index contributed by atoms with van der Waals surface area (Å²) in [5.41, 5.74) is 0. The molecule has 0 bridgehead atoms. The molecule has 1 saturated heterocycles. The standard InChI is InChI=1S/C12H24N2OS/c1-10(2)13-7-4-5-12(15)14(3)11-6-8-16-9-11/h10-11,13H,4-9H2,1-3H3. The highest BCUT2D eigenvalue weighted by molar-refractivity contribution is 7.99. The predicted octanol–water partition coefficient (Wildman–Crippen LogP) is 1.73. The zero-order chi connectivity index (χ0) is 12.0. The van der Waals surface area contributed by atoms with Gasteiger partial charge in [0, 0.05) is 31.3 Å². The first kappa shape index (κ1) is 13.8. The molecule has 1 unspecified atom stereocenters. The van der Waals surface area contributed by atoms with E-state index >= 15 is 0 Å². The number of carbonyl (C=O) groups is 1. The van der Waals surface area contributed by atoms with Crippen molar-refractivity contribution in [1.82, 2.24) is 10.2 Å². The third-order valence-corrected chi connectivity index (χ3v) is 4.11. The molecule has 0 aromatic rings. The van der Waals surface area contributed by atoms with Gasteiger partial charge in [-0.15, -0.1) is 0 Å². The van der Waals surface area contributed by atoms with E-state index in [4.69, 9.17) is 0 Å². The van der Waals surface area contributed by atoms with E-state index in [0.717, 1.165) is 25.1 Å². The Balaban J connectivity index is 2.13. The zero-order valence-corrected chi connectivity index (χ0v) is 11.5. The van der Waals surface area contributed by atoms with Crippen LogP contribution in [0.25, 0.3) is 0 Å². The number of hydrogen-bond acceptors (Lipinski definition) is 3. The molecule has 3 nitrogen and oxygen atoms in total. The van der Waals surface area contributed by atoms with Crippen LogP contribution in [0.15, 0.2) is 0 Å². The second-order valence-electron chi connectivity index (χ2n) is 4.73. The van der Waals surface area contributed by atoms with Crippen LogP contribution in [0.2, 0.25) is 0 Å². The minimum absolute atomic E-state index is 0.304. The minimum atomic E-state index is 0.304. The lowest BCUT2D eigenvalue weighted by Crippen LogP contribution is -2.37. The summed E-state index contributed by atoms with van der Waals surface area (Å²) in [6.45, 7) is 5.20. The molecule has 16 heavy (non-hydrogen) atoms. The zero-order valence-electron chi connectivity index (χ0n) is 10.7. The van der Waals surface area contributed by atoms with Crippen LogP contribution < -0.4 is 5.32 Å². The van der Waals surface area contributed by atoms with E-state index in [-0.39, 0.29) is 0 Å². The minimum Gasteiger partial charge on any atom is -0.342 e. The summed E-state index contributed by atoms with van der Waals surface area (Å²) < 4.78 is 0. The Morgan fingerprint density at radius 2 is 2.31 bits per heavy atom. The molecule has 1 fully saturated rings. The number of thioether (sulfide) groups is 1. The average molecular weight is 244 g/mol. The normalized spacial score (nSPS) is 20.4. The highest BCUT2D eigenvalue weighted by atomic mass is 32.2. The molecule has 0 aromatic heterocycles. The van der Waals surface area contributed by atoms with Gasteiger partial charge in [-0.3, -0.25) is 4.79 Å². The maximum atomic E-state index is 11.9. The summed E-state index contributed by atoms with van der Waals surface area (Å²) in [7, 11) is 1.95. The Kier molecular flexibility index (Phi) is 6.21. The van der Waals surface area contributed by atoms with Crippen LogP contribution in [0.1, 0.15) is 33.1 Å². The van der Waals surface area contributed by atoms with Crippen molar-refractivity contribution in [3.05, 3.63) is 0 Å². The summed E-state index contributed by atoms with van der Waals surface area (Å²) in [5.74, 6) is 2.63. The van der Waals surface area contributed by atoms with Gasteiger partial charge in [0.15, 0.2) is 0 Å². The summed E-state index contributed by atoms with van der Waals surface area (Å²) in [4.78, 5) is 13.8. The van der Waals surface area contributed by atoms with E-state index < -0.39 is 0 Å². The largest absolute Gasteiger partial charge is 0.342 e. The Morgan fingerprint density at radius 1 is 1.56 bits per heavy atom. The van der Waals surface area contributed by atoms with Crippen molar-refractivity contribution in [3.63, 3.8) is 0 Å². The first-order chi connectivity index (χ1) is 7.61. The van der Waals surface area contributed by atoms with Crippen LogP contribution in [0, 0.1) is 0 Å². The molecule has 1 aliphatic heterocycles. The van der Waals surface area contributed by atoms with Gasteiger partial charge in [0.25, 0.3) is 0 Å². The lowest BCUT2D eigenvalue weighted by atomic mass is 10.2. The number of rotatable bonds is 6. The van der Waals surface area contributed by atoms with Gasteiger partial charge in [-0.2, -0.15) is 11.8 Å². The van der Waals surface area contributed by atoms with Crippen LogP contribution >= 0.6 is 11.8 Å². The molecular formula is C12H24N2OS. The molecule has 1 heterocycles. The van der Waals surface area contributed by atoms with E-state index in [1.165, 1.54) is 5.75 Å². The summed E-state index contributed by atoms with van der Waals surface area (Å²) in [6.07, 6.45) is 2.79. The van der Waals surface area contributed by atoms with E-state index in [9.17, 15) is 4.79 Å². The molecule has 0 saturated carbocycles. The first-order valence-electron chi connectivity index (χ1n) is 6.18. The van der Waals surface area contributed by atoms with Crippen molar-refractivity contribution in [1.29, 1.82) is 0 Å². The van der Waals surface area contributed by atoms with Crippen LogP contribution in [0.4, 0.5) is 0 Å². The van der Waals surface area contributed by atoms with Gasteiger partial charge in [0.2, 0.25) is 5.91 Å². The van der Waals surface area contributed by atoms with Gasteiger partial charge in [0.05, 0.1) is 0 Å². The third kappa shape index (κ3) is 4.74. The van der Waals surface area contributed by atoms with Gasteiger partial charge >= 0.3 is 0 Å². The van der Waals surface area contributed by atoms with Crippen LogP contribution in [0.5, 0.6) is 0 Å². The number of nitrogens with one attached hydrogen (secondary N) is 1. The van der Waals surface area contributed by atoms with Crippen molar-refractivity contribution >= 4 is 17.7 Å². The molecule has 1 rings (SSSR count). The highest BCUT2D eigenvalue weighted by Crippen LogP contribution is 2.21. The topological polar surface area (TPSA) is 32.3 Å².